The lowest BCUT2D eigenvalue weighted by atomic mass is 10.2. The third-order valence-corrected chi connectivity index (χ3v) is 3.51. The number of hydrogen-bond acceptors (Lipinski definition) is 4. The summed E-state index contributed by atoms with van der Waals surface area (Å²) in [4.78, 5) is 20.5. The second-order valence-electron chi connectivity index (χ2n) is 5.47. The van der Waals surface area contributed by atoms with Gasteiger partial charge in [0, 0.05) is 24.5 Å². The predicted molar refractivity (Wildman–Crippen MR) is 92.7 cm³/mol. The number of carbonyl (C=O) groups is 1. The zero-order chi connectivity index (χ0) is 17.2. The first-order chi connectivity index (χ1) is 11.7. The van der Waals surface area contributed by atoms with Crippen molar-refractivity contribution in [2.75, 3.05) is 6.61 Å². The lowest BCUT2D eigenvalue weighted by molar-refractivity contribution is 0.237. The number of pyridine rings is 2. The number of unbranched alkanes of at least 4 members (excludes halogenated alkanes) is 1. The highest BCUT2D eigenvalue weighted by Gasteiger charge is 2.11. The van der Waals surface area contributed by atoms with E-state index in [0.717, 1.165) is 24.1 Å². The van der Waals surface area contributed by atoms with E-state index in [1.807, 2.05) is 37.3 Å². The Kier molecular flexibility index (Phi) is 7.01. The molecule has 24 heavy (non-hydrogen) atoms. The number of nitrogens with one attached hydrogen (secondary N) is 2. The summed E-state index contributed by atoms with van der Waals surface area (Å²) in [6.07, 6.45) is 5.44. The van der Waals surface area contributed by atoms with Crippen LogP contribution in [0.25, 0.3) is 0 Å². The van der Waals surface area contributed by atoms with Crippen LogP contribution in [0.15, 0.2) is 42.7 Å². The summed E-state index contributed by atoms with van der Waals surface area (Å²) in [7, 11) is 0. The second kappa shape index (κ2) is 9.50. The molecular weight excluding hydrogens is 304 g/mol. The Morgan fingerprint density at radius 1 is 1.21 bits per heavy atom. The van der Waals surface area contributed by atoms with E-state index in [4.69, 9.17) is 4.74 Å². The first-order valence-electron chi connectivity index (χ1n) is 8.22. The zero-order valence-corrected chi connectivity index (χ0v) is 14.2. The van der Waals surface area contributed by atoms with Crippen molar-refractivity contribution >= 4 is 6.03 Å². The summed E-state index contributed by atoms with van der Waals surface area (Å²) >= 11 is 0. The van der Waals surface area contributed by atoms with E-state index < -0.39 is 0 Å². The molecule has 2 aromatic heterocycles. The molecule has 6 nitrogen and oxygen atoms in total. The van der Waals surface area contributed by atoms with Gasteiger partial charge < -0.3 is 15.4 Å². The minimum atomic E-state index is -0.253. The third-order valence-electron chi connectivity index (χ3n) is 3.51. The van der Waals surface area contributed by atoms with Crippen LogP contribution in [0.5, 0.6) is 5.88 Å². The minimum absolute atomic E-state index is 0.166. The fraction of sp³-hybridized carbons (Fsp3) is 0.389. The van der Waals surface area contributed by atoms with E-state index in [2.05, 4.69) is 27.5 Å². The molecule has 0 spiro atoms. The summed E-state index contributed by atoms with van der Waals surface area (Å²) in [5, 5.41) is 5.70. The number of aromatic nitrogens is 2. The van der Waals surface area contributed by atoms with Gasteiger partial charge in [-0.1, -0.05) is 25.5 Å². The molecule has 0 bridgehead atoms. The van der Waals surface area contributed by atoms with Gasteiger partial charge in [0.05, 0.1) is 18.3 Å². The summed E-state index contributed by atoms with van der Waals surface area (Å²) in [6.45, 7) is 4.99. The van der Waals surface area contributed by atoms with E-state index in [9.17, 15) is 4.79 Å². The fourth-order valence-electron chi connectivity index (χ4n) is 2.13. The molecule has 0 aliphatic heterocycles. The molecule has 0 aromatic carbocycles. The molecule has 2 amide bonds. The smallest absolute Gasteiger partial charge is 0.315 e. The van der Waals surface area contributed by atoms with Gasteiger partial charge in [-0.15, -0.1) is 0 Å². The van der Waals surface area contributed by atoms with Crippen molar-refractivity contribution in [3.63, 3.8) is 0 Å². The lowest BCUT2D eigenvalue weighted by Crippen LogP contribution is -2.37. The second-order valence-corrected chi connectivity index (χ2v) is 5.47. The standard InChI is InChI=1S/C18H24N4O2/c1-3-4-12-24-17-15(8-7-11-20-17)13-21-18(23)22-14(2)16-9-5-6-10-19-16/h5-11,14H,3-4,12-13H2,1-2H3,(H2,21,22,23). The van der Waals surface area contributed by atoms with Crippen LogP contribution in [0.1, 0.15) is 44.0 Å². The molecule has 1 unspecified atom stereocenters. The van der Waals surface area contributed by atoms with Gasteiger partial charge in [-0.25, -0.2) is 9.78 Å². The highest BCUT2D eigenvalue weighted by atomic mass is 16.5. The third kappa shape index (κ3) is 5.53. The number of nitrogens with zero attached hydrogens (tertiary/aromatic N) is 2. The molecule has 6 heteroatoms. The Morgan fingerprint density at radius 2 is 2.04 bits per heavy atom. The maximum Gasteiger partial charge on any atom is 0.315 e. The van der Waals surface area contributed by atoms with Crippen molar-refractivity contribution in [2.45, 2.75) is 39.3 Å². The van der Waals surface area contributed by atoms with Crippen LogP contribution in [-0.2, 0) is 6.54 Å². The Hall–Kier alpha value is -2.63. The zero-order valence-electron chi connectivity index (χ0n) is 14.2. The van der Waals surface area contributed by atoms with E-state index in [-0.39, 0.29) is 12.1 Å². The molecule has 2 N–H and O–H groups in total. The molecule has 0 saturated carbocycles. The van der Waals surface area contributed by atoms with Crippen molar-refractivity contribution < 1.29 is 9.53 Å². The highest BCUT2D eigenvalue weighted by Crippen LogP contribution is 2.14. The Morgan fingerprint density at radius 3 is 2.79 bits per heavy atom. The van der Waals surface area contributed by atoms with Crippen LogP contribution in [-0.4, -0.2) is 22.6 Å². The van der Waals surface area contributed by atoms with Crippen LogP contribution < -0.4 is 15.4 Å². The quantitative estimate of drug-likeness (QED) is 0.730. The molecule has 2 rings (SSSR count). The Balaban J connectivity index is 1.85. The Labute approximate surface area is 142 Å². The van der Waals surface area contributed by atoms with Crippen LogP contribution in [0, 0.1) is 0 Å². The molecule has 2 aromatic rings. The summed E-state index contributed by atoms with van der Waals surface area (Å²) in [5.74, 6) is 0.573. The van der Waals surface area contributed by atoms with Gasteiger partial charge in [-0.05, 0) is 31.5 Å². The molecule has 0 fully saturated rings. The van der Waals surface area contributed by atoms with Crippen LogP contribution in [0.4, 0.5) is 4.79 Å². The van der Waals surface area contributed by atoms with Crippen molar-refractivity contribution in [2.24, 2.45) is 0 Å². The SMILES string of the molecule is CCCCOc1ncccc1CNC(=O)NC(C)c1ccccn1. The van der Waals surface area contributed by atoms with Gasteiger partial charge in [-0.3, -0.25) is 4.98 Å². The molecule has 0 radical (unpaired) electrons. The molecular formula is C18H24N4O2. The minimum Gasteiger partial charge on any atom is -0.477 e. The number of ether oxygens (including phenoxy) is 1. The van der Waals surface area contributed by atoms with E-state index in [1.165, 1.54) is 0 Å². The predicted octanol–water partition coefficient (Wildman–Crippen LogP) is 3.22. The Bertz CT molecular complexity index is 634. The molecule has 2 heterocycles. The van der Waals surface area contributed by atoms with Gasteiger partial charge in [0.1, 0.15) is 0 Å². The molecule has 0 aliphatic rings. The number of urea groups is 1. The maximum atomic E-state index is 12.1. The number of hydrogen-bond donors (Lipinski definition) is 2. The molecule has 0 saturated heterocycles. The summed E-state index contributed by atoms with van der Waals surface area (Å²) in [6, 6.07) is 8.93. The van der Waals surface area contributed by atoms with E-state index in [1.54, 1.807) is 12.4 Å². The van der Waals surface area contributed by atoms with Crippen molar-refractivity contribution in [1.82, 2.24) is 20.6 Å². The van der Waals surface area contributed by atoms with Crippen molar-refractivity contribution in [1.29, 1.82) is 0 Å². The van der Waals surface area contributed by atoms with Gasteiger partial charge in [-0.2, -0.15) is 0 Å². The van der Waals surface area contributed by atoms with Gasteiger partial charge in [0.15, 0.2) is 0 Å². The van der Waals surface area contributed by atoms with Crippen LogP contribution in [0.2, 0.25) is 0 Å². The van der Waals surface area contributed by atoms with Gasteiger partial charge >= 0.3 is 6.03 Å². The normalized spacial score (nSPS) is 11.6. The van der Waals surface area contributed by atoms with E-state index in [0.29, 0.717) is 19.0 Å². The van der Waals surface area contributed by atoms with Crippen LogP contribution in [0.3, 0.4) is 0 Å². The number of carbonyl (C=O) groups excluding carboxylic acids is 1. The number of amides is 2. The first-order valence-corrected chi connectivity index (χ1v) is 8.22. The largest absolute Gasteiger partial charge is 0.477 e. The van der Waals surface area contributed by atoms with Gasteiger partial charge in [0.25, 0.3) is 0 Å². The van der Waals surface area contributed by atoms with Crippen molar-refractivity contribution in [3.05, 3.63) is 54.0 Å². The monoisotopic (exact) mass is 328 g/mol. The molecule has 128 valence electrons. The number of rotatable bonds is 8. The summed E-state index contributed by atoms with van der Waals surface area (Å²) < 4.78 is 5.67. The average molecular weight is 328 g/mol. The molecule has 1 atom stereocenters. The summed E-state index contributed by atoms with van der Waals surface area (Å²) in [5.41, 5.74) is 1.67. The average Bonchev–Trinajstić information content (AvgIpc) is 2.62. The van der Waals surface area contributed by atoms with Crippen molar-refractivity contribution in [3.8, 4) is 5.88 Å². The first kappa shape index (κ1) is 17.7. The van der Waals surface area contributed by atoms with Gasteiger partial charge in [0.2, 0.25) is 5.88 Å². The highest BCUT2D eigenvalue weighted by molar-refractivity contribution is 5.74. The van der Waals surface area contributed by atoms with Crippen LogP contribution >= 0.6 is 0 Å². The lowest BCUT2D eigenvalue weighted by Gasteiger charge is -2.15. The topological polar surface area (TPSA) is 76.1 Å². The van der Waals surface area contributed by atoms with E-state index >= 15 is 0 Å². The maximum absolute atomic E-state index is 12.1. The fourth-order valence-corrected chi connectivity index (χ4v) is 2.13. The molecule has 0 aliphatic carbocycles.